The largest absolute Gasteiger partial charge is 0.369 e. The highest BCUT2D eigenvalue weighted by molar-refractivity contribution is 9.10. The van der Waals surface area contributed by atoms with E-state index in [9.17, 15) is 0 Å². The maximum absolute atomic E-state index is 4.48. The SMILES string of the molecule is Cc1ccc(C2CCNc3c(Br)cnn32)c(C)c1. The molecule has 0 bridgehead atoms. The highest BCUT2D eigenvalue weighted by atomic mass is 79.9. The van der Waals surface area contributed by atoms with Gasteiger partial charge >= 0.3 is 0 Å². The Hall–Kier alpha value is -1.29. The summed E-state index contributed by atoms with van der Waals surface area (Å²) in [6.07, 6.45) is 2.94. The van der Waals surface area contributed by atoms with Gasteiger partial charge in [0.15, 0.2) is 0 Å². The first kappa shape index (κ1) is 11.8. The fourth-order valence-corrected chi connectivity index (χ4v) is 3.09. The van der Waals surface area contributed by atoms with Crippen LogP contribution in [0.3, 0.4) is 0 Å². The quantitative estimate of drug-likeness (QED) is 0.871. The summed E-state index contributed by atoms with van der Waals surface area (Å²) in [5.74, 6) is 1.09. The molecule has 94 valence electrons. The maximum atomic E-state index is 4.48. The molecule has 3 rings (SSSR count). The van der Waals surface area contributed by atoms with Crippen LogP contribution in [0, 0.1) is 13.8 Å². The van der Waals surface area contributed by atoms with Crippen LogP contribution >= 0.6 is 15.9 Å². The third-order valence-corrected chi connectivity index (χ3v) is 4.12. The molecule has 0 saturated carbocycles. The van der Waals surface area contributed by atoms with E-state index < -0.39 is 0 Å². The van der Waals surface area contributed by atoms with Crippen LogP contribution < -0.4 is 5.32 Å². The van der Waals surface area contributed by atoms with E-state index in [0.717, 1.165) is 23.3 Å². The van der Waals surface area contributed by atoms with Gasteiger partial charge in [0, 0.05) is 6.54 Å². The van der Waals surface area contributed by atoms with Crippen molar-refractivity contribution >= 4 is 21.7 Å². The number of aryl methyl sites for hydroxylation is 2. The maximum Gasteiger partial charge on any atom is 0.139 e. The van der Waals surface area contributed by atoms with Gasteiger partial charge in [-0.25, -0.2) is 4.68 Å². The molecule has 1 unspecified atom stereocenters. The van der Waals surface area contributed by atoms with Gasteiger partial charge in [-0.1, -0.05) is 23.8 Å². The van der Waals surface area contributed by atoms with Gasteiger partial charge in [-0.05, 0) is 47.3 Å². The molecule has 0 aliphatic carbocycles. The number of halogens is 1. The summed E-state index contributed by atoms with van der Waals surface area (Å²) in [5.41, 5.74) is 4.03. The lowest BCUT2D eigenvalue weighted by Gasteiger charge is -2.27. The van der Waals surface area contributed by atoms with E-state index in [1.54, 1.807) is 0 Å². The Kier molecular flexibility index (Phi) is 2.90. The summed E-state index contributed by atoms with van der Waals surface area (Å²) in [5, 5.41) is 7.88. The topological polar surface area (TPSA) is 29.9 Å². The third-order valence-electron chi connectivity index (χ3n) is 3.54. The number of anilines is 1. The van der Waals surface area contributed by atoms with E-state index in [4.69, 9.17) is 0 Å². The summed E-state index contributed by atoms with van der Waals surface area (Å²) < 4.78 is 3.13. The monoisotopic (exact) mass is 305 g/mol. The molecule has 0 spiro atoms. The van der Waals surface area contributed by atoms with E-state index >= 15 is 0 Å². The number of hydrogen-bond acceptors (Lipinski definition) is 2. The normalized spacial score (nSPS) is 18.3. The van der Waals surface area contributed by atoms with Crippen LogP contribution in [0.15, 0.2) is 28.9 Å². The minimum absolute atomic E-state index is 0.341. The Labute approximate surface area is 115 Å². The number of nitrogens with zero attached hydrogens (tertiary/aromatic N) is 2. The fraction of sp³-hybridized carbons (Fsp3) is 0.357. The average Bonchev–Trinajstić information content (AvgIpc) is 2.72. The van der Waals surface area contributed by atoms with Gasteiger partial charge in [0.2, 0.25) is 0 Å². The van der Waals surface area contributed by atoms with Gasteiger partial charge in [-0.3, -0.25) is 0 Å². The molecular weight excluding hydrogens is 290 g/mol. The molecule has 1 aliphatic heterocycles. The van der Waals surface area contributed by atoms with Crippen molar-refractivity contribution in [3.05, 3.63) is 45.6 Å². The Morgan fingerprint density at radius 1 is 1.39 bits per heavy atom. The number of rotatable bonds is 1. The summed E-state index contributed by atoms with van der Waals surface area (Å²) >= 11 is 3.54. The number of nitrogens with one attached hydrogen (secondary N) is 1. The van der Waals surface area contributed by atoms with Crippen molar-refractivity contribution in [1.29, 1.82) is 0 Å². The lowest BCUT2D eigenvalue weighted by Crippen LogP contribution is -2.25. The van der Waals surface area contributed by atoms with Gasteiger partial charge in [0.1, 0.15) is 5.82 Å². The average molecular weight is 306 g/mol. The number of hydrogen-bond donors (Lipinski definition) is 1. The lowest BCUT2D eigenvalue weighted by molar-refractivity contribution is 0.480. The van der Waals surface area contributed by atoms with Crippen LogP contribution in [-0.2, 0) is 0 Å². The van der Waals surface area contributed by atoms with Crippen LogP contribution in [-0.4, -0.2) is 16.3 Å². The zero-order chi connectivity index (χ0) is 12.7. The van der Waals surface area contributed by atoms with Gasteiger partial charge in [0.05, 0.1) is 16.7 Å². The van der Waals surface area contributed by atoms with Gasteiger partial charge < -0.3 is 5.32 Å². The number of fused-ring (bicyclic) bond motifs is 1. The van der Waals surface area contributed by atoms with Crippen LogP contribution in [0.5, 0.6) is 0 Å². The van der Waals surface area contributed by atoms with Gasteiger partial charge in [0.25, 0.3) is 0 Å². The molecule has 0 saturated heterocycles. The zero-order valence-electron chi connectivity index (χ0n) is 10.6. The summed E-state index contributed by atoms with van der Waals surface area (Å²) in [7, 11) is 0. The summed E-state index contributed by atoms with van der Waals surface area (Å²) in [6.45, 7) is 5.31. The summed E-state index contributed by atoms with van der Waals surface area (Å²) in [6, 6.07) is 7.01. The summed E-state index contributed by atoms with van der Waals surface area (Å²) in [4.78, 5) is 0. The molecule has 2 heterocycles. The van der Waals surface area contributed by atoms with Crippen molar-refractivity contribution in [2.75, 3.05) is 11.9 Å². The van der Waals surface area contributed by atoms with Crippen molar-refractivity contribution in [3.63, 3.8) is 0 Å². The molecule has 1 atom stereocenters. The molecule has 0 fully saturated rings. The van der Waals surface area contributed by atoms with Crippen LogP contribution in [0.2, 0.25) is 0 Å². The molecular formula is C14H16BrN3. The molecule has 3 nitrogen and oxygen atoms in total. The van der Waals surface area contributed by atoms with E-state index in [-0.39, 0.29) is 0 Å². The first-order chi connectivity index (χ1) is 8.66. The molecule has 4 heteroatoms. The highest BCUT2D eigenvalue weighted by Crippen LogP contribution is 2.34. The van der Waals surface area contributed by atoms with E-state index in [1.807, 2.05) is 6.20 Å². The molecule has 0 radical (unpaired) electrons. The molecule has 1 N–H and O–H groups in total. The van der Waals surface area contributed by atoms with E-state index in [0.29, 0.717) is 6.04 Å². The highest BCUT2D eigenvalue weighted by Gasteiger charge is 2.24. The first-order valence-electron chi connectivity index (χ1n) is 6.21. The second-order valence-corrected chi connectivity index (χ2v) is 5.73. The predicted octanol–water partition coefficient (Wildman–Crippen LogP) is 3.67. The van der Waals surface area contributed by atoms with E-state index in [1.165, 1.54) is 16.7 Å². The number of benzene rings is 1. The Morgan fingerprint density at radius 3 is 3.00 bits per heavy atom. The van der Waals surface area contributed by atoms with Crippen molar-refractivity contribution < 1.29 is 0 Å². The minimum atomic E-state index is 0.341. The van der Waals surface area contributed by atoms with Crippen molar-refractivity contribution in [2.45, 2.75) is 26.3 Å². The molecule has 1 aromatic heterocycles. The number of aromatic nitrogens is 2. The van der Waals surface area contributed by atoms with Crippen molar-refractivity contribution in [3.8, 4) is 0 Å². The van der Waals surface area contributed by atoms with Crippen molar-refractivity contribution in [1.82, 2.24) is 9.78 Å². The second kappa shape index (κ2) is 4.43. The smallest absolute Gasteiger partial charge is 0.139 e. The lowest BCUT2D eigenvalue weighted by atomic mass is 9.96. The van der Waals surface area contributed by atoms with Gasteiger partial charge in [-0.2, -0.15) is 5.10 Å². The zero-order valence-corrected chi connectivity index (χ0v) is 12.2. The minimum Gasteiger partial charge on any atom is -0.369 e. The predicted molar refractivity (Wildman–Crippen MR) is 77.1 cm³/mol. The third kappa shape index (κ3) is 1.85. The fourth-order valence-electron chi connectivity index (χ4n) is 2.68. The van der Waals surface area contributed by atoms with Crippen LogP contribution in [0.4, 0.5) is 5.82 Å². The Bertz CT molecular complexity index is 589. The van der Waals surface area contributed by atoms with E-state index in [2.05, 4.69) is 63.1 Å². The molecule has 1 aliphatic rings. The van der Waals surface area contributed by atoms with Gasteiger partial charge in [-0.15, -0.1) is 0 Å². The molecule has 18 heavy (non-hydrogen) atoms. The standard InChI is InChI=1S/C14H16BrN3/c1-9-3-4-11(10(2)7-9)13-5-6-16-14-12(15)8-17-18(13)14/h3-4,7-8,13,16H,5-6H2,1-2H3. The Morgan fingerprint density at radius 2 is 2.22 bits per heavy atom. The van der Waals surface area contributed by atoms with Crippen LogP contribution in [0.25, 0.3) is 0 Å². The van der Waals surface area contributed by atoms with Crippen molar-refractivity contribution in [2.24, 2.45) is 0 Å². The molecule has 0 amide bonds. The molecule has 1 aromatic carbocycles. The Balaban J connectivity index is 2.08. The van der Waals surface area contributed by atoms with Crippen LogP contribution in [0.1, 0.15) is 29.2 Å². The first-order valence-corrected chi connectivity index (χ1v) is 7.00. The molecule has 2 aromatic rings. The second-order valence-electron chi connectivity index (χ2n) is 4.88.